The quantitative estimate of drug-likeness (QED) is 0.455. The number of carbonyl (C=O) groups is 1. The molecule has 0 aliphatic carbocycles. The predicted octanol–water partition coefficient (Wildman–Crippen LogP) is 4.13. The lowest BCUT2D eigenvalue weighted by atomic mass is 10.2. The number of furan rings is 1. The highest BCUT2D eigenvalue weighted by Gasteiger charge is 2.13. The summed E-state index contributed by atoms with van der Waals surface area (Å²) >= 11 is 3.38. The lowest BCUT2D eigenvalue weighted by Gasteiger charge is -2.09. The van der Waals surface area contributed by atoms with Crippen molar-refractivity contribution >= 4 is 21.8 Å². The fourth-order valence-corrected chi connectivity index (χ4v) is 2.97. The van der Waals surface area contributed by atoms with Crippen LogP contribution in [0.2, 0.25) is 0 Å². The topological polar surface area (TPSA) is 82.2 Å². The van der Waals surface area contributed by atoms with Crippen molar-refractivity contribution in [1.29, 1.82) is 0 Å². The van der Waals surface area contributed by atoms with Gasteiger partial charge in [-0.3, -0.25) is 9.36 Å². The first-order chi connectivity index (χ1) is 14.2. The third kappa shape index (κ3) is 4.72. The molecule has 29 heavy (non-hydrogen) atoms. The van der Waals surface area contributed by atoms with E-state index in [9.17, 15) is 4.79 Å². The lowest BCUT2D eigenvalue weighted by molar-refractivity contribution is 0.0919. The summed E-state index contributed by atoms with van der Waals surface area (Å²) in [5.41, 5.74) is 0.865. The highest BCUT2D eigenvalue weighted by molar-refractivity contribution is 9.10. The maximum absolute atomic E-state index is 12.5. The van der Waals surface area contributed by atoms with Crippen molar-refractivity contribution in [2.45, 2.75) is 13.2 Å². The van der Waals surface area contributed by atoms with Crippen LogP contribution in [0.5, 0.6) is 5.75 Å². The smallest absolute Gasteiger partial charge is 0.287 e. The summed E-state index contributed by atoms with van der Waals surface area (Å²) in [7, 11) is 0. The normalized spacial score (nSPS) is 10.7. The van der Waals surface area contributed by atoms with E-state index in [1.165, 1.54) is 0 Å². The van der Waals surface area contributed by atoms with Crippen molar-refractivity contribution in [2.75, 3.05) is 0 Å². The lowest BCUT2D eigenvalue weighted by Crippen LogP contribution is -2.23. The molecule has 146 valence electrons. The van der Waals surface area contributed by atoms with Crippen LogP contribution in [0.15, 0.2) is 82.3 Å². The highest BCUT2D eigenvalue weighted by Crippen LogP contribution is 2.18. The Morgan fingerprint density at radius 3 is 2.79 bits per heavy atom. The number of hydrogen-bond acceptors (Lipinski definition) is 5. The van der Waals surface area contributed by atoms with Gasteiger partial charge in [0.05, 0.1) is 0 Å². The van der Waals surface area contributed by atoms with Gasteiger partial charge in [0.25, 0.3) is 5.91 Å². The van der Waals surface area contributed by atoms with Crippen molar-refractivity contribution in [3.05, 3.63) is 95.0 Å². The summed E-state index contributed by atoms with van der Waals surface area (Å²) in [5.74, 6) is 1.93. The van der Waals surface area contributed by atoms with Crippen LogP contribution in [-0.4, -0.2) is 20.4 Å². The molecule has 4 rings (SSSR count). The van der Waals surface area contributed by atoms with Crippen molar-refractivity contribution in [3.63, 3.8) is 0 Å². The zero-order valence-electron chi connectivity index (χ0n) is 15.3. The minimum absolute atomic E-state index is 0.229. The fourth-order valence-electron chi connectivity index (χ4n) is 2.71. The van der Waals surface area contributed by atoms with E-state index in [4.69, 9.17) is 9.15 Å². The molecule has 0 saturated heterocycles. The van der Waals surface area contributed by atoms with Crippen molar-refractivity contribution in [1.82, 2.24) is 19.9 Å². The van der Waals surface area contributed by atoms with E-state index in [1.807, 2.05) is 36.4 Å². The number of carbonyl (C=O) groups excluding carboxylic acids is 1. The maximum Gasteiger partial charge on any atom is 0.287 e. The van der Waals surface area contributed by atoms with E-state index >= 15 is 0 Å². The van der Waals surface area contributed by atoms with Crippen LogP contribution in [0.3, 0.4) is 0 Å². The Morgan fingerprint density at radius 2 is 2.00 bits per heavy atom. The Hall–Kier alpha value is -3.39. The average molecular weight is 453 g/mol. The number of amides is 1. The molecule has 0 aliphatic heterocycles. The zero-order chi connectivity index (χ0) is 20.1. The van der Waals surface area contributed by atoms with Gasteiger partial charge in [-0.15, -0.1) is 0 Å². The molecule has 1 aromatic carbocycles. The molecule has 1 N–H and O–H groups in total. The molecule has 0 radical (unpaired) electrons. The van der Waals surface area contributed by atoms with Crippen molar-refractivity contribution < 1.29 is 13.9 Å². The fraction of sp³-hybridized carbons (Fsp3) is 0.0952. The first-order valence-electron chi connectivity index (χ1n) is 8.86. The van der Waals surface area contributed by atoms with Gasteiger partial charge in [0.2, 0.25) is 0 Å². The van der Waals surface area contributed by atoms with Gasteiger partial charge in [0.1, 0.15) is 30.3 Å². The van der Waals surface area contributed by atoms with E-state index in [2.05, 4.69) is 31.2 Å². The summed E-state index contributed by atoms with van der Waals surface area (Å²) in [4.78, 5) is 20.8. The van der Waals surface area contributed by atoms with Crippen LogP contribution in [-0.2, 0) is 13.2 Å². The summed E-state index contributed by atoms with van der Waals surface area (Å²) in [6.07, 6.45) is 6.85. The number of pyridine rings is 1. The molecule has 0 bridgehead atoms. The molecule has 7 nitrogen and oxygen atoms in total. The van der Waals surface area contributed by atoms with Gasteiger partial charge in [-0.05, 0) is 42.5 Å². The Labute approximate surface area is 175 Å². The molecule has 0 spiro atoms. The van der Waals surface area contributed by atoms with E-state index in [0.29, 0.717) is 18.1 Å². The number of nitrogens with zero attached hydrogens (tertiary/aromatic N) is 3. The van der Waals surface area contributed by atoms with Gasteiger partial charge in [-0.25, -0.2) is 9.97 Å². The third-order valence-electron chi connectivity index (χ3n) is 4.14. The van der Waals surface area contributed by atoms with Crippen molar-refractivity contribution in [3.8, 4) is 11.6 Å². The Bertz CT molecular complexity index is 1090. The van der Waals surface area contributed by atoms with Crippen LogP contribution < -0.4 is 10.1 Å². The molecule has 0 fully saturated rings. The minimum atomic E-state index is -0.305. The average Bonchev–Trinajstić information content (AvgIpc) is 3.44. The molecule has 0 saturated carbocycles. The predicted molar refractivity (Wildman–Crippen MR) is 110 cm³/mol. The number of halogens is 1. The van der Waals surface area contributed by atoms with Gasteiger partial charge in [0, 0.05) is 35.2 Å². The van der Waals surface area contributed by atoms with Crippen molar-refractivity contribution in [2.24, 2.45) is 0 Å². The van der Waals surface area contributed by atoms with E-state index < -0.39 is 0 Å². The standard InChI is InChI=1S/C21H17BrN4O3/c22-16-3-5-17(6-4-16)28-13-18-7-8-19(29-18)21(27)25-12-15-2-1-9-24-20(15)26-11-10-23-14-26/h1-11,14H,12-13H2,(H,25,27). The second kappa shape index (κ2) is 8.74. The van der Waals surface area contributed by atoms with Crippen LogP contribution in [0.4, 0.5) is 0 Å². The molecule has 4 aromatic rings. The van der Waals surface area contributed by atoms with Gasteiger partial charge in [-0.1, -0.05) is 22.0 Å². The first kappa shape index (κ1) is 18.9. The molecule has 1 amide bonds. The van der Waals surface area contributed by atoms with Gasteiger partial charge < -0.3 is 14.5 Å². The summed E-state index contributed by atoms with van der Waals surface area (Å²) < 4.78 is 14.0. The maximum atomic E-state index is 12.5. The highest BCUT2D eigenvalue weighted by atomic mass is 79.9. The first-order valence-corrected chi connectivity index (χ1v) is 9.66. The van der Waals surface area contributed by atoms with E-state index in [0.717, 1.165) is 15.8 Å². The molecule has 0 atom stereocenters. The molecule has 3 heterocycles. The molecule has 0 aliphatic rings. The Kier molecular flexibility index (Phi) is 5.71. The SMILES string of the molecule is O=C(NCc1cccnc1-n1ccnc1)c1ccc(COc2ccc(Br)cc2)o1. The third-order valence-corrected chi connectivity index (χ3v) is 4.66. The summed E-state index contributed by atoms with van der Waals surface area (Å²) in [5, 5.41) is 2.86. The number of nitrogens with one attached hydrogen (secondary N) is 1. The van der Waals surface area contributed by atoms with E-state index in [-0.39, 0.29) is 18.3 Å². The second-order valence-corrected chi connectivity index (χ2v) is 7.06. The summed E-state index contributed by atoms with van der Waals surface area (Å²) in [6.45, 7) is 0.550. The largest absolute Gasteiger partial charge is 0.486 e. The molecular formula is C21H17BrN4O3. The molecular weight excluding hydrogens is 436 g/mol. The number of rotatable bonds is 7. The molecule has 3 aromatic heterocycles. The number of hydrogen-bond donors (Lipinski definition) is 1. The Balaban J connectivity index is 1.36. The minimum Gasteiger partial charge on any atom is -0.486 e. The van der Waals surface area contributed by atoms with Crippen LogP contribution in [0, 0.1) is 0 Å². The zero-order valence-corrected chi connectivity index (χ0v) is 16.9. The number of benzene rings is 1. The van der Waals surface area contributed by atoms with Crippen LogP contribution >= 0.6 is 15.9 Å². The summed E-state index contributed by atoms with van der Waals surface area (Å²) in [6, 6.07) is 14.6. The molecule has 8 heteroatoms. The van der Waals surface area contributed by atoms with Gasteiger partial charge in [0.15, 0.2) is 5.76 Å². The van der Waals surface area contributed by atoms with Crippen LogP contribution in [0.25, 0.3) is 5.82 Å². The van der Waals surface area contributed by atoms with Gasteiger partial charge >= 0.3 is 0 Å². The number of aromatic nitrogens is 3. The van der Waals surface area contributed by atoms with Gasteiger partial charge in [-0.2, -0.15) is 0 Å². The molecule has 0 unspecified atom stereocenters. The number of imidazole rings is 1. The monoisotopic (exact) mass is 452 g/mol. The second-order valence-electron chi connectivity index (χ2n) is 6.15. The number of ether oxygens (including phenoxy) is 1. The van der Waals surface area contributed by atoms with E-state index in [1.54, 1.807) is 41.6 Å². The Morgan fingerprint density at radius 1 is 1.14 bits per heavy atom. The van der Waals surface area contributed by atoms with Crippen LogP contribution in [0.1, 0.15) is 21.9 Å².